The summed E-state index contributed by atoms with van der Waals surface area (Å²) in [5, 5.41) is 6.01. The molecule has 1 aliphatic heterocycles. The molecule has 0 fully saturated rings. The molecule has 0 N–H and O–H groups in total. The normalized spacial score (nSPS) is 14.3. The second kappa shape index (κ2) is 6.78. The van der Waals surface area contributed by atoms with Crippen LogP contribution in [-0.4, -0.2) is 28.4 Å². The van der Waals surface area contributed by atoms with Gasteiger partial charge in [0.1, 0.15) is 11.6 Å². The maximum atomic E-state index is 12.6. The van der Waals surface area contributed by atoms with Gasteiger partial charge in [0, 0.05) is 20.6 Å². The summed E-state index contributed by atoms with van der Waals surface area (Å²) in [6.07, 6.45) is 0. The number of hydrazone groups is 1. The van der Waals surface area contributed by atoms with E-state index in [1.54, 1.807) is 24.3 Å². The van der Waals surface area contributed by atoms with Gasteiger partial charge in [-0.2, -0.15) is 5.01 Å². The number of hydrogen-bond donors (Lipinski definition) is 0. The van der Waals surface area contributed by atoms with E-state index in [0.29, 0.717) is 21.5 Å². The Hall–Kier alpha value is -1.76. The molecule has 0 atom stereocenters. The van der Waals surface area contributed by atoms with Crippen molar-refractivity contribution in [3.63, 3.8) is 0 Å². The van der Waals surface area contributed by atoms with E-state index in [0.717, 1.165) is 10.0 Å². The van der Waals surface area contributed by atoms with Crippen molar-refractivity contribution in [2.75, 3.05) is 6.61 Å². The standard InChI is InChI=1S/C16H10BrClN2O2S/c17-12-3-1-2-11(8-12)15-19-20(14(23)9-22-15)16(21)10-4-6-13(18)7-5-10/h1-8H,9H2. The lowest BCUT2D eigenvalue weighted by Gasteiger charge is -2.24. The van der Waals surface area contributed by atoms with Crippen LogP contribution in [-0.2, 0) is 4.74 Å². The van der Waals surface area contributed by atoms with Crippen LogP contribution in [0.15, 0.2) is 58.1 Å². The summed E-state index contributed by atoms with van der Waals surface area (Å²) in [4.78, 5) is 12.9. The SMILES string of the molecule is O=C(c1ccc(Cl)cc1)N1N=C(c2cccc(Br)c2)OCC1=S. The van der Waals surface area contributed by atoms with Crippen molar-refractivity contribution in [2.24, 2.45) is 5.10 Å². The van der Waals surface area contributed by atoms with E-state index in [1.165, 1.54) is 5.01 Å². The lowest BCUT2D eigenvalue weighted by Crippen LogP contribution is -2.39. The molecule has 0 radical (unpaired) electrons. The van der Waals surface area contributed by atoms with Crippen LogP contribution in [0.25, 0.3) is 0 Å². The Bertz CT molecular complexity index is 808. The summed E-state index contributed by atoms with van der Waals surface area (Å²) < 4.78 is 6.43. The Morgan fingerprint density at radius 2 is 2.00 bits per heavy atom. The average molecular weight is 410 g/mol. The second-order valence-electron chi connectivity index (χ2n) is 4.72. The number of carbonyl (C=O) groups is 1. The van der Waals surface area contributed by atoms with Crippen LogP contribution in [0.1, 0.15) is 15.9 Å². The van der Waals surface area contributed by atoms with Gasteiger partial charge in [-0.3, -0.25) is 4.79 Å². The molecule has 0 aromatic heterocycles. The van der Waals surface area contributed by atoms with Crippen molar-refractivity contribution in [1.29, 1.82) is 0 Å². The van der Waals surface area contributed by atoms with Crippen LogP contribution < -0.4 is 0 Å². The van der Waals surface area contributed by atoms with E-state index in [9.17, 15) is 4.79 Å². The molecule has 116 valence electrons. The summed E-state index contributed by atoms with van der Waals surface area (Å²) >= 11 is 14.4. The van der Waals surface area contributed by atoms with Crippen molar-refractivity contribution < 1.29 is 9.53 Å². The Balaban J connectivity index is 1.93. The number of rotatable bonds is 2. The van der Waals surface area contributed by atoms with Crippen molar-refractivity contribution in [1.82, 2.24) is 5.01 Å². The van der Waals surface area contributed by atoms with Gasteiger partial charge in [-0.25, -0.2) is 0 Å². The largest absolute Gasteiger partial charge is 0.469 e. The van der Waals surface area contributed by atoms with Crippen LogP contribution in [0.2, 0.25) is 5.02 Å². The highest BCUT2D eigenvalue weighted by Gasteiger charge is 2.26. The van der Waals surface area contributed by atoms with Crippen LogP contribution in [0.3, 0.4) is 0 Å². The number of thiocarbonyl (C=S) groups is 1. The van der Waals surface area contributed by atoms with E-state index < -0.39 is 0 Å². The van der Waals surface area contributed by atoms with Gasteiger partial charge in [-0.15, -0.1) is 5.10 Å². The molecule has 23 heavy (non-hydrogen) atoms. The van der Waals surface area contributed by atoms with Gasteiger partial charge in [-0.05, 0) is 42.5 Å². The molecule has 0 spiro atoms. The molecule has 1 aliphatic rings. The number of hydrogen-bond acceptors (Lipinski definition) is 4. The Labute approximate surface area is 151 Å². The second-order valence-corrected chi connectivity index (χ2v) is 6.55. The molecule has 0 unspecified atom stereocenters. The van der Waals surface area contributed by atoms with Crippen molar-refractivity contribution in [3.8, 4) is 0 Å². The molecular formula is C16H10BrClN2O2S. The Morgan fingerprint density at radius 1 is 1.26 bits per heavy atom. The van der Waals surface area contributed by atoms with Gasteiger partial charge < -0.3 is 4.74 Å². The fraction of sp³-hybridized carbons (Fsp3) is 0.0625. The molecule has 7 heteroatoms. The third-order valence-corrected chi connectivity index (χ3v) is 4.15. The predicted molar refractivity (Wildman–Crippen MR) is 96.9 cm³/mol. The predicted octanol–water partition coefficient (Wildman–Crippen LogP) is 4.26. The third-order valence-electron chi connectivity index (χ3n) is 3.11. The fourth-order valence-corrected chi connectivity index (χ4v) is 2.71. The number of halogens is 2. The highest BCUT2D eigenvalue weighted by molar-refractivity contribution is 9.10. The third kappa shape index (κ3) is 3.60. The summed E-state index contributed by atoms with van der Waals surface area (Å²) in [5.74, 6) is 0.0321. The van der Waals surface area contributed by atoms with Gasteiger partial charge in [0.25, 0.3) is 5.91 Å². The minimum absolute atomic E-state index is 0.125. The molecule has 0 saturated heterocycles. The maximum absolute atomic E-state index is 12.6. The number of nitrogens with zero attached hydrogens (tertiary/aromatic N) is 2. The monoisotopic (exact) mass is 408 g/mol. The van der Waals surface area contributed by atoms with E-state index in [-0.39, 0.29) is 12.5 Å². The molecule has 2 aromatic carbocycles. The minimum atomic E-state index is -0.317. The van der Waals surface area contributed by atoms with Crippen LogP contribution in [0.5, 0.6) is 0 Å². The molecule has 1 heterocycles. The summed E-state index contributed by atoms with van der Waals surface area (Å²) in [6.45, 7) is 0.125. The topological polar surface area (TPSA) is 41.9 Å². The zero-order valence-electron chi connectivity index (χ0n) is 11.7. The van der Waals surface area contributed by atoms with Gasteiger partial charge in [0.05, 0.1) is 0 Å². The smallest absolute Gasteiger partial charge is 0.279 e. The van der Waals surface area contributed by atoms with E-state index in [1.807, 2.05) is 24.3 Å². The quantitative estimate of drug-likeness (QED) is 0.696. The Morgan fingerprint density at radius 3 is 2.70 bits per heavy atom. The van der Waals surface area contributed by atoms with E-state index >= 15 is 0 Å². The molecule has 2 aromatic rings. The summed E-state index contributed by atoms with van der Waals surface area (Å²) in [7, 11) is 0. The average Bonchev–Trinajstić information content (AvgIpc) is 2.55. The first kappa shape index (κ1) is 16.1. The number of carbonyl (C=O) groups excluding carboxylic acids is 1. The molecule has 0 aliphatic carbocycles. The van der Waals surface area contributed by atoms with Crippen molar-refractivity contribution in [3.05, 3.63) is 69.2 Å². The summed E-state index contributed by atoms with van der Waals surface area (Å²) in [5.41, 5.74) is 1.21. The zero-order chi connectivity index (χ0) is 16.4. The van der Waals surface area contributed by atoms with Gasteiger partial charge in [-0.1, -0.05) is 45.8 Å². The fourth-order valence-electron chi connectivity index (χ4n) is 2.00. The first-order chi connectivity index (χ1) is 11.0. The van der Waals surface area contributed by atoms with Gasteiger partial charge in [0.2, 0.25) is 5.90 Å². The number of amides is 1. The van der Waals surface area contributed by atoms with E-state index in [2.05, 4.69) is 21.0 Å². The van der Waals surface area contributed by atoms with Crippen molar-refractivity contribution >= 4 is 56.5 Å². The highest BCUT2D eigenvalue weighted by Crippen LogP contribution is 2.18. The van der Waals surface area contributed by atoms with Crippen LogP contribution in [0.4, 0.5) is 0 Å². The first-order valence-electron chi connectivity index (χ1n) is 6.65. The first-order valence-corrected chi connectivity index (χ1v) is 8.23. The molecule has 4 nitrogen and oxygen atoms in total. The Kier molecular flexibility index (Phi) is 4.75. The highest BCUT2D eigenvalue weighted by atomic mass is 79.9. The molecule has 0 bridgehead atoms. The lowest BCUT2D eigenvalue weighted by atomic mass is 10.2. The molecule has 1 amide bonds. The van der Waals surface area contributed by atoms with Crippen LogP contribution in [0, 0.1) is 0 Å². The molecule has 0 saturated carbocycles. The van der Waals surface area contributed by atoms with E-state index in [4.69, 9.17) is 28.6 Å². The van der Waals surface area contributed by atoms with Gasteiger partial charge in [0.15, 0.2) is 0 Å². The lowest BCUT2D eigenvalue weighted by molar-refractivity contribution is 0.0833. The minimum Gasteiger partial charge on any atom is -0.469 e. The number of ether oxygens (including phenoxy) is 1. The molecular weight excluding hydrogens is 400 g/mol. The van der Waals surface area contributed by atoms with Crippen LogP contribution >= 0.6 is 39.7 Å². The van der Waals surface area contributed by atoms with Crippen molar-refractivity contribution in [2.45, 2.75) is 0 Å². The zero-order valence-corrected chi connectivity index (χ0v) is 14.9. The molecule has 3 rings (SSSR count). The summed E-state index contributed by atoms with van der Waals surface area (Å²) in [6, 6.07) is 14.0. The number of benzene rings is 2. The van der Waals surface area contributed by atoms with Gasteiger partial charge >= 0.3 is 0 Å². The maximum Gasteiger partial charge on any atom is 0.279 e.